The molecule has 2 heteroatoms. The van der Waals surface area contributed by atoms with Crippen molar-refractivity contribution in [3.63, 3.8) is 0 Å². The summed E-state index contributed by atoms with van der Waals surface area (Å²) in [5.74, 6) is 0.128. The van der Waals surface area contributed by atoms with Gasteiger partial charge in [0.05, 0.1) is 0 Å². The molecule has 0 atom stereocenters. The molecule has 0 spiro atoms. The van der Waals surface area contributed by atoms with Crippen molar-refractivity contribution in [2.45, 2.75) is 113 Å². The highest BCUT2D eigenvalue weighted by molar-refractivity contribution is 5.86. The molecule has 0 radical (unpaired) electrons. The lowest BCUT2D eigenvalue weighted by molar-refractivity contribution is -0.137. The minimum absolute atomic E-state index is 0.128. The van der Waals surface area contributed by atoms with E-state index in [2.05, 4.69) is 140 Å². The van der Waals surface area contributed by atoms with E-state index in [1.54, 1.807) is 7.11 Å². The molecule has 0 bridgehead atoms. The van der Waals surface area contributed by atoms with Crippen LogP contribution in [0.3, 0.4) is 0 Å². The number of allylic oxidation sites excluding steroid dienone is 22. The monoisotopic (exact) mass is 584 g/mol. The topological polar surface area (TPSA) is 26.3 Å². The molecule has 0 N–H and O–H groups in total. The minimum atomic E-state index is -0.712. The number of hydrogen-bond donors (Lipinski definition) is 0. The number of hydrogen-bond acceptors (Lipinski definition) is 2. The highest BCUT2D eigenvalue weighted by atomic mass is 16.5. The third-order valence-electron chi connectivity index (χ3n) is 7.08. The van der Waals surface area contributed by atoms with E-state index >= 15 is 0 Å². The van der Waals surface area contributed by atoms with Crippen molar-refractivity contribution < 1.29 is 9.53 Å². The van der Waals surface area contributed by atoms with Crippen LogP contribution in [-0.4, -0.2) is 18.5 Å². The fourth-order valence-corrected chi connectivity index (χ4v) is 3.79. The predicted molar refractivity (Wildman–Crippen MR) is 192 cm³/mol. The Morgan fingerprint density at radius 2 is 0.953 bits per heavy atom. The van der Waals surface area contributed by atoms with Gasteiger partial charge in [-0.1, -0.05) is 130 Å². The number of carbonyl (C=O) groups excluding carboxylic acids is 1. The molecule has 0 amide bonds. The molecule has 2 nitrogen and oxygen atoms in total. The molecular weight excluding hydrogens is 524 g/mol. The van der Waals surface area contributed by atoms with E-state index in [0.717, 1.165) is 37.7 Å². The van der Waals surface area contributed by atoms with Crippen molar-refractivity contribution in [3.05, 3.63) is 130 Å². The molecule has 236 valence electrons. The first kappa shape index (κ1) is 39.8. The van der Waals surface area contributed by atoms with E-state index in [9.17, 15) is 4.79 Å². The summed E-state index contributed by atoms with van der Waals surface area (Å²) in [6.07, 6.45) is 37.8. The van der Waals surface area contributed by atoms with Crippen molar-refractivity contribution in [2.24, 2.45) is 0 Å². The van der Waals surface area contributed by atoms with Gasteiger partial charge in [0.2, 0.25) is 0 Å². The van der Waals surface area contributed by atoms with Crippen LogP contribution in [0.1, 0.15) is 108 Å². The molecule has 0 aliphatic heterocycles. The maximum absolute atomic E-state index is 12.2. The lowest BCUT2D eigenvalue weighted by Gasteiger charge is -2.20. The summed E-state index contributed by atoms with van der Waals surface area (Å²) in [4.78, 5) is 12.2. The average Bonchev–Trinajstić information content (AvgIpc) is 2.93. The number of Topliss-reactive ketones (excluding diaryl/α,β-unsaturated/α-hetero) is 1. The average molecular weight is 585 g/mol. The van der Waals surface area contributed by atoms with Gasteiger partial charge in [-0.15, -0.1) is 0 Å². The fraction of sp³-hybridized carbons (Fsp3) is 0.439. The Morgan fingerprint density at radius 1 is 0.535 bits per heavy atom. The molecule has 0 unspecified atom stereocenters. The Hall–Kier alpha value is -3.23. The first-order valence-electron chi connectivity index (χ1n) is 15.7. The lowest BCUT2D eigenvalue weighted by Crippen LogP contribution is -2.33. The van der Waals surface area contributed by atoms with Crippen molar-refractivity contribution >= 4 is 5.78 Å². The Morgan fingerprint density at radius 3 is 1.44 bits per heavy atom. The van der Waals surface area contributed by atoms with Crippen LogP contribution in [0.25, 0.3) is 0 Å². The molecule has 0 aromatic heterocycles. The Labute approximate surface area is 265 Å². The summed E-state index contributed by atoms with van der Waals surface area (Å²) in [6, 6.07) is 0. The Balaban J connectivity index is 4.66. The first-order valence-corrected chi connectivity index (χ1v) is 15.7. The van der Waals surface area contributed by atoms with Gasteiger partial charge in [-0.25, -0.2) is 0 Å². The zero-order valence-electron chi connectivity index (χ0n) is 29.2. The number of ether oxygens (including phenoxy) is 1. The standard InChI is InChI=1S/C41H60O2/c1-33(2)19-14-22-36(5)25-17-28-37(6)26-15-23-34(3)20-12-13-21-35(4)24-16-27-38(7)29-18-30-39(8)31-32-40(42)41(9,10)43-11/h12-13,15-16,18-21,23-27,29-30H,14,17,22,28,31-32H2,1-11H3. The maximum Gasteiger partial charge on any atom is 0.164 e. The molecule has 0 rings (SSSR count). The van der Waals surface area contributed by atoms with Gasteiger partial charge in [0.25, 0.3) is 0 Å². The minimum Gasteiger partial charge on any atom is -0.371 e. The van der Waals surface area contributed by atoms with Crippen molar-refractivity contribution in [3.8, 4) is 0 Å². The SMILES string of the molecule is COC(C)(C)C(=O)CCC(C)=CC=CC(C)=CC=CC(C)=CC=CC=C(C)C=CC=C(C)CCC=C(C)CCC=C(C)C. The predicted octanol–water partition coefficient (Wildman–Crippen LogP) is 12.2. The molecule has 0 fully saturated rings. The van der Waals surface area contributed by atoms with Gasteiger partial charge < -0.3 is 4.74 Å². The van der Waals surface area contributed by atoms with E-state index in [1.807, 2.05) is 19.9 Å². The smallest absolute Gasteiger partial charge is 0.164 e. The third-order valence-corrected chi connectivity index (χ3v) is 7.08. The molecule has 0 aliphatic rings. The van der Waals surface area contributed by atoms with Crippen molar-refractivity contribution in [2.75, 3.05) is 7.11 Å². The lowest BCUT2D eigenvalue weighted by atomic mass is 9.97. The number of rotatable bonds is 19. The zero-order valence-corrected chi connectivity index (χ0v) is 29.2. The third kappa shape index (κ3) is 23.0. The summed E-state index contributed by atoms with van der Waals surface area (Å²) >= 11 is 0. The molecule has 0 saturated heterocycles. The van der Waals surface area contributed by atoms with Gasteiger partial charge in [-0.2, -0.15) is 0 Å². The van der Waals surface area contributed by atoms with Gasteiger partial charge in [-0.3, -0.25) is 4.79 Å². The Bertz CT molecular complexity index is 1190. The van der Waals surface area contributed by atoms with E-state index in [1.165, 1.54) is 33.4 Å². The molecule has 0 aliphatic carbocycles. The highest BCUT2D eigenvalue weighted by Gasteiger charge is 2.25. The summed E-state index contributed by atoms with van der Waals surface area (Å²) in [7, 11) is 1.58. The fourth-order valence-electron chi connectivity index (χ4n) is 3.79. The normalized spacial score (nSPS) is 15.1. The van der Waals surface area contributed by atoms with E-state index < -0.39 is 5.60 Å². The molecule has 0 aromatic rings. The summed E-state index contributed by atoms with van der Waals surface area (Å²) < 4.78 is 5.27. The van der Waals surface area contributed by atoms with E-state index in [-0.39, 0.29) is 5.78 Å². The number of carbonyl (C=O) groups is 1. The largest absolute Gasteiger partial charge is 0.371 e. The zero-order chi connectivity index (χ0) is 32.7. The van der Waals surface area contributed by atoms with Crippen LogP contribution in [0.2, 0.25) is 0 Å². The highest BCUT2D eigenvalue weighted by Crippen LogP contribution is 2.16. The van der Waals surface area contributed by atoms with Gasteiger partial charge in [0.15, 0.2) is 5.78 Å². The quantitative estimate of drug-likeness (QED) is 0.111. The van der Waals surface area contributed by atoms with Crippen LogP contribution in [0.15, 0.2) is 130 Å². The van der Waals surface area contributed by atoms with E-state index in [0.29, 0.717) is 6.42 Å². The van der Waals surface area contributed by atoms with Crippen LogP contribution in [0.4, 0.5) is 0 Å². The first-order chi connectivity index (χ1) is 20.3. The molecule has 0 saturated carbocycles. The summed E-state index contributed by atoms with van der Waals surface area (Å²) in [6.45, 7) is 20.8. The molecule has 0 aromatic carbocycles. The molecular formula is C41H60O2. The second-order valence-corrected chi connectivity index (χ2v) is 12.3. The van der Waals surface area contributed by atoms with Gasteiger partial charge >= 0.3 is 0 Å². The number of ketones is 1. The van der Waals surface area contributed by atoms with Crippen molar-refractivity contribution in [1.29, 1.82) is 0 Å². The van der Waals surface area contributed by atoms with Crippen LogP contribution in [0.5, 0.6) is 0 Å². The van der Waals surface area contributed by atoms with Crippen LogP contribution >= 0.6 is 0 Å². The van der Waals surface area contributed by atoms with Gasteiger partial charge in [0.1, 0.15) is 5.60 Å². The number of methoxy groups -OCH3 is 1. The van der Waals surface area contributed by atoms with Crippen LogP contribution in [-0.2, 0) is 9.53 Å². The summed E-state index contributed by atoms with van der Waals surface area (Å²) in [5, 5.41) is 0. The molecule has 0 heterocycles. The second kappa shape index (κ2) is 23.3. The summed E-state index contributed by atoms with van der Waals surface area (Å²) in [5.41, 5.74) is 8.32. The van der Waals surface area contributed by atoms with Gasteiger partial charge in [0, 0.05) is 13.5 Å². The van der Waals surface area contributed by atoms with Crippen molar-refractivity contribution in [1.82, 2.24) is 0 Å². The van der Waals surface area contributed by atoms with E-state index in [4.69, 9.17) is 4.74 Å². The van der Waals surface area contributed by atoms with Gasteiger partial charge in [-0.05, 0) is 101 Å². The second-order valence-electron chi connectivity index (χ2n) is 12.3. The van der Waals surface area contributed by atoms with Crippen LogP contribution < -0.4 is 0 Å². The molecule has 43 heavy (non-hydrogen) atoms. The maximum atomic E-state index is 12.2. The van der Waals surface area contributed by atoms with Crippen LogP contribution in [0, 0.1) is 0 Å². The Kier molecular flexibility index (Phi) is 21.5.